The smallest absolute Gasteiger partial charge is 0.167 e. The number of rotatable bonds is 7. The van der Waals surface area contributed by atoms with Crippen LogP contribution >= 0.6 is 0 Å². The lowest BCUT2D eigenvalue weighted by molar-refractivity contribution is 0.362. The minimum absolute atomic E-state index is 0.601. The SMILES string of the molecule is C=C/C=N/C(C#N)C(C#N)(CCC)NCC. The summed E-state index contributed by atoms with van der Waals surface area (Å²) >= 11 is 0. The molecule has 16 heavy (non-hydrogen) atoms. The van der Waals surface area contributed by atoms with E-state index in [-0.39, 0.29) is 0 Å². The normalized spacial score (nSPS) is 16.0. The van der Waals surface area contributed by atoms with Crippen molar-refractivity contribution in [1.82, 2.24) is 5.32 Å². The molecule has 0 spiro atoms. The third-order valence-corrected chi connectivity index (χ3v) is 2.27. The molecule has 1 N–H and O–H groups in total. The van der Waals surface area contributed by atoms with Gasteiger partial charge in [-0.15, -0.1) is 0 Å². The fraction of sp³-hybridized carbons (Fsp3) is 0.583. The van der Waals surface area contributed by atoms with Gasteiger partial charge in [0, 0.05) is 6.21 Å². The Labute approximate surface area is 97.3 Å². The number of likely N-dealkylation sites (N-methyl/N-ethyl adjacent to an activating group) is 1. The summed E-state index contributed by atoms with van der Waals surface area (Å²) in [5.41, 5.74) is -0.891. The molecule has 86 valence electrons. The highest BCUT2D eigenvalue weighted by atomic mass is 15.0. The Bertz CT molecular complexity index is 313. The third-order valence-electron chi connectivity index (χ3n) is 2.27. The van der Waals surface area contributed by atoms with Crippen LogP contribution < -0.4 is 5.32 Å². The largest absolute Gasteiger partial charge is 0.297 e. The van der Waals surface area contributed by atoms with Crippen LogP contribution in [0.15, 0.2) is 17.6 Å². The fourth-order valence-electron chi connectivity index (χ4n) is 1.61. The van der Waals surface area contributed by atoms with Crippen LogP contribution in [0.2, 0.25) is 0 Å². The Kier molecular flexibility index (Phi) is 6.83. The van der Waals surface area contributed by atoms with Crippen molar-refractivity contribution >= 4 is 6.21 Å². The van der Waals surface area contributed by atoms with Crippen LogP contribution in [0.1, 0.15) is 26.7 Å². The topological polar surface area (TPSA) is 72.0 Å². The Balaban J connectivity index is 5.11. The first kappa shape index (κ1) is 14.3. The van der Waals surface area contributed by atoms with E-state index in [1.807, 2.05) is 13.8 Å². The van der Waals surface area contributed by atoms with E-state index in [1.165, 1.54) is 12.3 Å². The molecule has 0 heterocycles. The number of nitrogens with one attached hydrogen (secondary N) is 1. The van der Waals surface area contributed by atoms with Gasteiger partial charge in [-0.3, -0.25) is 10.3 Å². The highest BCUT2D eigenvalue weighted by molar-refractivity contribution is 5.70. The molecular weight excluding hydrogens is 200 g/mol. The van der Waals surface area contributed by atoms with Crippen molar-refractivity contribution in [3.8, 4) is 12.1 Å². The van der Waals surface area contributed by atoms with Gasteiger partial charge < -0.3 is 0 Å². The molecule has 2 atom stereocenters. The summed E-state index contributed by atoms with van der Waals surface area (Å²) in [6.45, 7) is 8.03. The van der Waals surface area contributed by atoms with Crippen LogP contribution in [0.5, 0.6) is 0 Å². The van der Waals surface area contributed by atoms with Crippen LogP contribution in [0, 0.1) is 22.7 Å². The second-order valence-electron chi connectivity index (χ2n) is 3.43. The molecule has 0 saturated carbocycles. The molecule has 0 aliphatic heterocycles. The average molecular weight is 218 g/mol. The summed E-state index contributed by atoms with van der Waals surface area (Å²) in [5.74, 6) is 0. The van der Waals surface area contributed by atoms with Crippen LogP contribution in [-0.2, 0) is 0 Å². The van der Waals surface area contributed by atoms with Crippen molar-refractivity contribution in [2.75, 3.05) is 6.54 Å². The maximum absolute atomic E-state index is 9.28. The van der Waals surface area contributed by atoms with Crippen molar-refractivity contribution in [3.63, 3.8) is 0 Å². The third kappa shape index (κ3) is 3.49. The Morgan fingerprint density at radius 1 is 1.50 bits per heavy atom. The molecule has 4 nitrogen and oxygen atoms in total. The van der Waals surface area contributed by atoms with Gasteiger partial charge in [-0.1, -0.05) is 32.9 Å². The molecule has 0 aliphatic rings. The van der Waals surface area contributed by atoms with E-state index in [9.17, 15) is 5.26 Å². The van der Waals surface area contributed by atoms with Crippen molar-refractivity contribution in [3.05, 3.63) is 12.7 Å². The average Bonchev–Trinajstić information content (AvgIpc) is 2.30. The number of nitriles is 2. The number of hydrogen-bond donors (Lipinski definition) is 1. The molecule has 0 aliphatic carbocycles. The van der Waals surface area contributed by atoms with Gasteiger partial charge in [0.15, 0.2) is 6.04 Å². The minimum atomic E-state index is -0.891. The monoisotopic (exact) mass is 218 g/mol. The van der Waals surface area contributed by atoms with Crippen LogP contribution in [0.25, 0.3) is 0 Å². The molecular formula is C12H18N4. The zero-order valence-electron chi connectivity index (χ0n) is 9.90. The van der Waals surface area contributed by atoms with E-state index in [1.54, 1.807) is 0 Å². The predicted molar refractivity (Wildman–Crippen MR) is 65.0 cm³/mol. The molecule has 0 radical (unpaired) electrons. The standard InChI is InChI=1S/C12H18N4/c1-4-7-12(10-14,16-6-3)11(9-13)15-8-5-2/h5,8,11,16H,2,4,6-7H2,1,3H3/b15-8+. The van der Waals surface area contributed by atoms with Crippen molar-refractivity contribution in [2.45, 2.75) is 38.3 Å². The Morgan fingerprint density at radius 3 is 2.56 bits per heavy atom. The van der Waals surface area contributed by atoms with E-state index < -0.39 is 11.6 Å². The lowest BCUT2D eigenvalue weighted by Crippen LogP contribution is -2.52. The molecule has 0 amide bonds. The fourth-order valence-corrected chi connectivity index (χ4v) is 1.61. The highest BCUT2D eigenvalue weighted by Crippen LogP contribution is 2.19. The molecule has 0 saturated heterocycles. The summed E-state index contributed by atoms with van der Waals surface area (Å²) in [6.07, 6.45) is 4.39. The van der Waals surface area contributed by atoms with Crippen molar-refractivity contribution in [1.29, 1.82) is 10.5 Å². The van der Waals surface area contributed by atoms with Gasteiger partial charge in [0.25, 0.3) is 0 Å². The number of aliphatic imine (C=N–C) groups is 1. The number of nitrogens with zero attached hydrogens (tertiary/aromatic N) is 3. The zero-order valence-corrected chi connectivity index (χ0v) is 9.90. The van der Waals surface area contributed by atoms with Gasteiger partial charge in [-0.25, -0.2) is 0 Å². The number of hydrogen-bond acceptors (Lipinski definition) is 4. The van der Waals surface area contributed by atoms with E-state index in [2.05, 4.69) is 29.0 Å². The van der Waals surface area contributed by atoms with Crippen molar-refractivity contribution in [2.24, 2.45) is 4.99 Å². The molecule has 0 aromatic carbocycles. The van der Waals surface area contributed by atoms with Gasteiger partial charge in [0.2, 0.25) is 0 Å². The molecule has 0 bridgehead atoms. The summed E-state index contributed by atoms with van der Waals surface area (Å²) in [6, 6.07) is 3.56. The molecule has 0 aromatic rings. The lowest BCUT2D eigenvalue weighted by atomic mass is 9.87. The Hall–Kier alpha value is -1.65. The maximum atomic E-state index is 9.28. The summed E-state index contributed by atoms with van der Waals surface area (Å²) < 4.78 is 0. The van der Waals surface area contributed by atoms with E-state index >= 15 is 0 Å². The van der Waals surface area contributed by atoms with Crippen LogP contribution in [-0.4, -0.2) is 24.3 Å². The molecule has 2 unspecified atom stereocenters. The van der Waals surface area contributed by atoms with Crippen molar-refractivity contribution < 1.29 is 0 Å². The summed E-state index contributed by atoms with van der Waals surface area (Å²) in [4.78, 5) is 4.05. The second kappa shape index (κ2) is 7.62. The molecule has 4 heteroatoms. The Morgan fingerprint density at radius 2 is 2.19 bits per heavy atom. The van der Waals surface area contributed by atoms with Gasteiger partial charge in [0.05, 0.1) is 12.1 Å². The summed E-state index contributed by atoms with van der Waals surface area (Å²) in [5, 5.41) is 21.4. The first-order valence-electron chi connectivity index (χ1n) is 5.40. The first-order chi connectivity index (χ1) is 7.70. The van der Waals surface area contributed by atoms with E-state index in [0.717, 1.165) is 6.42 Å². The van der Waals surface area contributed by atoms with Gasteiger partial charge in [0.1, 0.15) is 5.54 Å². The molecule has 0 fully saturated rings. The van der Waals surface area contributed by atoms with Crippen LogP contribution in [0.4, 0.5) is 0 Å². The van der Waals surface area contributed by atoms with Gasteiger partial charge >= 0.3 is 0 Å². The van der Waals surface area contributed by atoms with E-state index in [4.69, 9.17) is 5.26 Å². The van der Waals surface area contributed by atoms with E-state index in [0.29, 0.717) is 13.0 Å². The molecule has 0 aromatic heterocycles. The molecule has 0 rings (SSSR count). The van der Waals surface area contributed by atoms with Gasteiger partial charge in [-0.2, -0.15) is 10.5 Å². The quantitative estimate of drug-likeness (QED) is 0.662. The lowest BCUT2D eigenvalue weighted by Gasteiger charge is -2.29. The first-order valence-corrected chi connectivity index (χ1v) is 5.40. The maximum Gasteiger partial charge on any atom is 0.167 e. The van der Waals surface area contributed by atoms with Gasteiger partial charge in [-0.05, 0) is 13.0 Å². The zero-order chi connectivity index (χ0) is 12.4. The predicted octanol–water partition coefficient (Wildman–Crippen LogP) is 1.81. The van der Waals surface area contributed by atoms with Crippen LogP contribution in [0.3, 0.4) is 0 Å². The number of allylic oxidation sites excluding steroid dienone is 1. The minimum Gasteiger partial charge on any atom is -0.297 e. The highest BCUT2D eigenvalue weighted by Gasteiger charge is 2.37. The summed E-state index contributed by atoms with van der Waals surface area (Å²) in [7, 11) is 0. The second-order valence-corrected chi connectivity index (χ2v) is 3.43.